The van der Waals surface area contributed by atoms with E-state index in [1.54, 1.807) is 6.92 Å². The molecule has 0 bridgehead atoms. The van der Waals surface area contributed by atoms with E-state index in [0.29, 0.717) is 13.1 Å². The summed E-state index contributed by atoms with van der Waals surface area (Å²) >= 11 is 0. The highest BCUT2D eigenvalue weighted by Gasteiger charge is 2.17. The zero-order valence-electron chi connectivity index (χ0n) is 14.1. The second kappa shape index (κ2) is 7.82. The van der Waals surface area contributed by atoms with Crippen LogP contribution in [0.15, 0.2) is 24.3 Å². The van der Waals surface area contributed by atoms with Crippen LogP contribution in [0.1, 0.15) is 40.2 Å². The van der Waals surface area contributed by atoms with Gasteiger partial charge in [-0.25, -0.2) is 0 Å². The number of benzene rings is 1. The fraction of sp³-hybridized carbons (Fsp3) is 0.529. The van der Waals surface area contributed by atoms with Crippen molar-refractivity contribution in [3.05, 3.63) is 29.8 Å². The number of carbonyl (C=O) groups excluding carboxylic acids is 2. The minimum Gasteiger partial charge on any atom is -0.383 e. The van der Waals surface area contributed by atoms with Gasteiger partial charge in [0.25, 0.3) is 0 Å². The predicted octanol–water partition coefficient (Wildman–Crippen LogP) is 2.04. The van der Waals surface area contributed by atoms with Crippen LogP contribution in [0.5, 0.6) is 0 Å². The number of hydrogen-bond acceptors (Lipinski definition) is 3. The van der Waals surface area contributed by atoms with Crippen LogP contribution < -0.4 is 16.0 Å². The quantitative estimate of drug-likeness (QED) is 0.704. The molecule has 3 N–H and O–H groups in total. The summed E-state index contributed by atoms with van der Waals surface area (Å²) in [4.78, 5) is 22.7. The highest BCUT2D eigenvalue weighted by molar-refractivity contribution is 5.86. The Bertz CT molecular complexity index is 521. The second-order valence-corrected chi connectivity index (χ2v) is 6.44. The summed E-state index contributed by atoms with van der Waals surface area (Å²) in [6.45, 7) is 10.7. The molecule has 0 aromatic heterocycles. The molecule has 0 spiro atoms. The van der Waals surface area contributed by atoms with Crippen molar-refractivity contribution in [3.8, 4) is 0 Å². The van der Waals surface area contributed by atoms with Gasteiger partial charge in [-0.2, -0.15) is 0 Å². The third-order valence-electron chi connectivity index (χ3n) is 3.29. The molecule has 0 aliphatic heterocycles. The fourth-order valence-electron chi connectivity index (χ4n) is 2.20. The number of hydrogen-bond donors (Lipinski definition) is 3. The summed E-state index contributed by atoms with van der Waals surface area (Å²) in [6.07, 6.45) is 0. The first-order valence-electron chi connectivity index (χ1n) is 7.60. The molecule has 0 saturated carbocycles. The van der Waals surface area contributed by atoms with Crippen molar-refractivity contribution < 1.29 is 9.59 Å². The van der Waals surface area contributed by atoms with Crippen molar-refractivity contribution in [2.75, 3.05) is 18.4 Å². The lowest BCUT2D eigenvalue weighted by Crippen LogP contribution is -2.45. The lowest BCUT2D eigenvalue weighted by Gasteiger charge is -2.23. The third-order valence-corrected chi connectivity index (χ3v) is 3.29. The number of para-hydroxylation sites is 1. The summed E-state index contributed by atoms with van der Waals surface area (Å²) in [6, 6.07) is 7.67. The standard InChI is InChI=1S/C17H27N3O2/c1-12(20-13(2)21)16(22)19-11-10-18-15-9-7-6-8-14(15)17(3,4)5/h6-9,12,18H,10-11H2,1-5H3,(H,19,22)(H,20,21). The fourth-order valence-corrected chi connectivity index (χ4v) is 2.20. The maximum absolute atomic E-state index is 11.8. The van der Waals surface area contributed by atoms with E-state index >= 15 is 0 Å². The molecular weight excluding hydrogens is 278 g/mol. The molecule has 22 heavy (non-hydrogen) atoms. The van der Waals surface area contributed by atoms with E-state index in [2.05, 4.69) is 42.8 Å². The molecule has 1 aromatic rings. The molecule has 0 saturated heterocycles. The summed E-state index contributed by atoms with van der Waals surface area (Å²) in [5.74, 6) is -0.388. The molecule has 0 fully saturated rings. The van der Waals surface area contributed by atoms with E-state index in [9.17, 15) is 9.59 Å². The summed E-state index contributed by atoms with van der Waals surface area (Å²) in [7, 11) is 0. The van der Waals surface area contributed by atoms with Gasteiger partial charge in [-0.15, -0.1) is 0 Å². The van der Waals surface area contributed by atoms with Crippen LogP contribution in [-0.2, 0) is 15.0 Å². The molecule has 5 nitrogen and oxygen atoms in total. The first kappa shape index (κ1) is 18.0. The SMILES string of the molecule is CC(=O)NC(C)C(=O)NCCNc1ccccc1C(C)(C)C. The molecule has 122 valence electrons. The summed E-state index contributed by atoms with van der Waals surface area (Å²) in [5.41, 5.74) is 2.39. The van der Waals surface area contributed by atoms with Gasteiger partial charge in [-0.1, -0.05) is 39.0 Å². The predicted molar refractivity (Wildman–Crippen MR) is 89.9 cm³/mol. The van der Waals surface area contributed by atoms with E-state index in [4.69, 9.17) is 0 Å². The van der Waals surface area contributed by atoms with Gasteiger partial charge in [0.15, 0.2) is 0 Å². The highest BCUT2D eigenvalue weighted by atomic mass is 16.2. The molecule has 1 atom stereocenters. The maximum Gasteiger partial charge on any atom is 0.242 e. The van der Waals surface area contributed by atoms with Crippen molar-refractivity contribution in [2.24, 2.45) is 0 Å². The van der Waals surface area contributed by atoms with E-state index in [-0.39, 0.29) is 17.2 Å². The normalized spacial score (nSPS) is 12.4. The zero-order valence-corrected chi connectivity index (χ0v) is 14.1. The Balaban J connectivity index is 2.46. The Morgan fingerprint density at radius 2 is 1.77 bits per heavy atom. The maximum atomic E-state index is 11.8. The van der Waals surface area contributed by atoms with E-state index in [1.807, 2.05) is 18.2 Å². The van der Waals surface area contributed by atoms with Gasteiger partial charge in [-0.3, -0.25) is 9.59 Å². The topological polar surface area (TPSA) is 70.2 Å². The second-order valence-electron chi connectivity index (χ2n) is 6.44. The zero-order chi connectivity index (χ0) is 16.8. The molecule has 5 heteroatoms. The Labute approximate surface area is 132 Å². The molecule has 1 unspecified atom stereocenters. The third kappa shape index (κ3) is 5.76. The van der Waals surface area contributed by atoms with Gasteiger partial charge in [0.1, 0.15) is 6.04 Å². The minimum atomic E-state index is -0.514. The van der Waals surface area contributed by atoms with Crippen molar-refractivity contribution in [3.63, 3.8) is 0 Å². The first-order chi connectivity index (χ1) is 10.2. The van der Waals surface area contributed by atoms with Crippen molar-refractivity contribution in [1.82, 2.24) is 10.6 Å². The molecule has 0 aliphatic carbocycles. The van der Waals surface area contributed by atoms with Crippen molar-refractivity contribution >= 4 is 17.5 Å². The van der Waals surface area contributed by atoms with E-state index < -0.39 is 6.04 Å². The molecular formula is C17H27N3O2. The Morgan fingerprint density at radius 3 is 2.36 bits per heavy atom. The first-order valence-corrected chi connectivity index (χ1v) is 7.60. The molecule has 1 rings (SSSR count). The lowest BCUT2D eigenvalue weighted by molar-refractivity contribution is -0.127. The van der Waals surface area contributed by atoms with Crippen molar-refractivity contribution in [1.29, 1.82) is 0 Å². The van der Waals surface area contributed by atoms with Crippen LogP contribution in [-0.4, -0.2) is 30.9 Å². The molecule has 1 aromatic carbocycles. The van der Waals surface area contributed by atoms with Gasteiger partial charge in [0.05, 0.1) is 0 Å². The monoisotopic (exact) mass is 305 g/mol. The van der Waals surface area contributed by atoms with Gasteiger partial charge in [0, 0.05) is 25.7 Å². The number of amides is 2. The molecule has 0 heterocycles. The summed E-state index contributed by atoms with van der Waals surface area (Å²) < 4.78 is 0. The Kier molecular flexibility index (Phi) is 6.40. The summed E-state index contributed by atoms with van der Waals surface area (Å²) in [5, 5.41) is 8.71. The van der Waals surface area contributed by atoms with Gasteiger partial charge in [-0.05, 0) is 24.0 Å². The minimum absolute atomic E-state index is 0.0623. The van der Waals surface area contributed by atoms with E-state index in [1.165, 1.54) is 12.5 Å². The van der Waals surface area contributed by atoms with Crippen LogP contribution in [0.2, 0.25) is 0 Å². The average Bonchev–Trinajstić information content (AvgIpc) is 2.42. The molecule has 2 amide bonds. The van der Waals surface area contributed by atoms with Gasteiger partial charge in [0.2, 0.25) is 11.8 Å². The number of nitrogens with one attached hydrogen (secondary N) is 3. The van der Waals surface area contributed by atoms with Crippen LogP contribution in [0, 0.1) is 0 Å². The van der Waals surface area contributed by atoms with Gasteiger partial charge < -0.3 is 16.0 Å². The van der Waals surface area contributed by atoms with Crippen LogP contribution in [0.25, 0.3) is 0 Å². The Hall–Kier alpha value is -2.04. The van der Waals surface area contributed by atoms with E-state index in [0.717, 1.165) is 5.69 Å². The van der Waals surface area contributed by atoms with Crippen LogP contribution >= 0.6 is 0 Å². The van der Waals surface area contributed by atoms with Gasteiger partial charge >= 0.3 is 0 Å². The van der Waals surface area contributed by atoms with Crippen molar-refractivity contribution in [2.45, 2.75) is 46.1 Å². The largest absolute Gasteiger partial charge is 0.383 e. The number of anilines is 1. The highest BCUT2D eigenvalue weighted by Crippen LogP contribution is 2.28. The smallest absolute Gasteiger partial charge is 0.242 e. The lowest BCUT2D eigenvalue weighted by atomic mass is 9.86. The average molecular weight is 305 g/mol. The Morgan fingerprint density at radius 1 is 1.14 bits per heavy atom. The van der Waals surface area contributed by atoms with Crippen LogP contribution in [0.3, 0.4) is 0 Å². The van der Waals surface area contributed by atoms with Crippen LogP contribution in [0.4, 0.5) is 5.69 Å². The molecule has 0 radical (unpaired) electrons. The number of carbonyl (C=O) groups is 2. The molecule has 0 aliphatic rings. The number of rotatable bonds is 6.